The van der Waals surface area contributed by atoms with Crippen molar-refractivity contribution in [1.29, 1.82) is 0 Å². The van der Waals surface area contributed by atoms with Crippen LogP contribution in [0.4, 0.5) is 5.82 Å². The van der Waals surface area contributed by atoms with Gasteiger partial charge in [0.2, 0.25) is 0 Å². The molecule has 0 aliphatic carbocycles. The molecule has 13 heavy (non-hydrogen) atoms. The fourth-order valence-corrected chi connectivity index (χ4v) is 0.952. The van der Waals surface area contributed by atoms with Crippen LogP contribution in [-0.4, -0.2) is 22.9 Å². The Hall–Kier alpha value is 0.0800. The number of rotatable bonds is 2. The van der Waals surface area contributed by atoms with Gasteiger partial charge in [0, 0.05) is 0 Å². The van der Waals surface area contributed by atoms with Gasteiger partial charge in [-0.1, -0.05) is 11.6 Å². The van der Waals surface area contributed by atoms with Gasteiger partial charge in [-0.25, -0.2) is 18.4 Å². The Balaban J connectivity index is 0.00000144. The zero-order chi connectivity index (χ0) is 9.19. The van der Waals surface area contributed by atoms with E-state index < -0.39 is 10.3 Å². The maximum Gasteiger partial charge on any atom is 1.00 e. The molecule has 0 aliphatic heterocycles. The number of hydrogen-bond donors (Lipinski definition) is 1. The molecule has 0 aliphatic rings. The van der Waals surface area contributed by atoms with Gasteiger partial charge in [-0.2, -0.15) is 0 Å². The zero-order valence-corrected chi connectivity index (χ0v) is 10.1. The molecule has 0 atom stereocenters. The monoisotopic (exact) mass is 231 g/mol. The van der Waals surface area contributed by atoms with Gasteiger partial charge in [-0.05, 0) is 0 Å². The molecule has 0 fully saturated rings. The van der Waals surface area contributed by atoms with Crippen molar-refractivity contribution in [3.05, 3.63) is 17.5 Å². The van der Waals surface area contributed by atoms with Crippen LogP contribution in [0.15, 0.2) is 12.4 Å². The van der Waals surface area contributed by atoms with E-state index in [2.05, 4.69) is 9.97 Å². The molecule has 0 saturated carbocycles. The average Bonchev–Trinajstić information content (AvgIpc) is 1.91. The smallest absolute Gasteiger partial charge is 0.731 e. The van der Waals surface area contributed by atoms with Gasteiger partial charge in [0.15, 0.2) is 16.1 Å². The first kappa shape index (κ1) is 13.1. The predicted octanol–water partition coefficient (Wildman–Crippen LogP) is -2.99. The molecule has 1 N–H and O–H groups in total. The second-order valence-corrected chi connectivity index (χ2v) is 3.28. The van der Waals surface area contributed by atoms with E-state index in [-0.39, 0.29) is 40.5 Å². The van der Waals surface area contributed by atoms with Crippen molar-refractivity contribution < 1.29 is 42.5 Å². The van der Waals surface area contributed by atoms with Crippen molar-refractivity contribution in [3.63, 3.8) is 0 Å². The third-order valence-electron chi connectivity index (χ3n) is 0.850. The normalized spacial score (nSPS) is 10.3. The van der Waals surface area contributed by atoms with Crippen molar-refractivity contribution >= 4 is 27.7 Å². The summed E-state index contributed by atoms with van der Waals surface area (Å²) in [4.78, 5) is 6.98. The minimum absolute atomic E-state index is 0. The van der Waals surface area contributed by atoms with Gasteiger partial charge < -0.3 is 4.55 Å². The van der Waals surface area contributed by atoms with Gasteiger partial charge in [-0.15, -0.1) is 0 Å². The Kier molecular flexibility index (Phi) is 5.11. The van der Waals surface area contributed by atoms with E-state index in [1.165, 1.54) is 0 Å². The summed E-state index contributed by atoms with van der Waals surface area (Å²) in [7, 11) is -4.54. The quantitative estimate of drug-likeness (QED) is 0.433. The van der Waals surface area contributed by atoms with E-state index in [1.54, 1.807) is 4.72 Å². The van der Waals surface area contributed by atoms with E-state index in [9.17, 15) is 13.0 Å². The molecule has 1 aromatic rings. The molecule has 9 heteroatoms. The summed E-state index contributed by atoms with van der Waals surface area (Å²) in [5.41, 5.74) is 0. The fraction of sp³-hybridized carbons (Fsp3) is 0. The summed E-state index contributed by atoms with van der Waals surface area (Å²) < 4.78 is 31.9. The first-order chi connectivity index (χ1) is 5.47. The minimum atomic E-state index is -4.54. The Bertz CT molecular complexity index is 367. The molecule has 1 aromatic heterocycles. The van der Waals surface area contributed by atoms with Crippen molar-refractivity contribution in [1.82, 2.24) is 9.97 Å². The van der Waals surface area contributed by atoms with Crippen LogP contribution in [0.5, 0.6) is 0 Å². The number of anilines is 1. The molecule has 1 heterocycles. The van der Waals surface area contributed by atoms with Crippen molar-refractivity contribution in [2.45, 2.75) is 0 Å². The molecule has 0 spiro atoms. The van der Waals surface area contributed by atoms with Crippen molar-refractivity contribution in [2.24, 2.45) is 0 Å². The maximum atomic E-state index is 10.1. The summed E-state index contributed by atoms with van der Waals surface area (Å²) in [5, 5.41) is 0.115. The fourth-order valence-electron chi connectivity index (χ4n) is 0.493. The molecule has 6 nitrogen and oxygen atoms in total. The first-order valence-corrected chi connectivity index (χ1v) is 4.47. The topological polar surface area (TPSA) is 95.0 Å². The molecule has 0 unspecified atom stereocenters. The molecular formula is C4H3ClN3NaO3S. The minimum Gasteiger partial charge on any atom is -0.731 e. The van der Waals surface area contributed by atoms with Crippen LogP contribution >= 0.6 is 11.6 Å². The average molecular weight is 232 g/mol. The van der Waals surface area contributed by atoms with Crippen LogP contribution in [0, 0.1) is 0 Å². The second-order valence-electron chi connectivity index (χ2n) is 1.78. The van der Waals surface area contributed by atoms with E-state index in [0.717, 1.165) is 12.4 Å². The van der Waals surface area contributed by atoms with Gasteiger partial charge in [0.05, 0.1) is 12.4 Å². The second kappa shape index (κ2) is 5.08. The van der Waals surface area contributed by atoms with Crippen LogP contribution in [0.1, 0.15) is 0 Å². The third kappa shape index (κ3) is 5.40. The van der Waals surface area contributed by atoms with E-state index in [0.29, 0.717) is 0 Å². The summed E-state index contributed by atoms with van der Waals surface area (Å²) in [5.74, 6) is -0.158. The van der Waals surface area contributed by atoms with Gasteiger partial charge >= 0.3 is 29.6 Å². The number of aromatic nitrogens is 2. The Morgan fingerprint density at radius 3 is 2.38 bits per heavy atom. The summed E-state index contributed by atoms with van der Waals surface area (Å²) in [6.07, 6.45) is 2.16. The number of nitrogens with zero attached hydrogens (tertiary/aromatic N) is 2. The number of halogens is 1. The van der Waals surface area contributed by atoms with Gasteiger partial charge in [-0.3, -0.25) is 4.72 Å². The van der Waals surface area contributed by atoms with Crippen LogP contribution in [0.25, 0.3) is 0 Å². The molecule has 0 radical (unpaired) electrons. The first-order valence-electron chi connectivity index (χ1n) is 2.68. The third-order valence-corrected chi connectivity index (χ3v) is 1.50. The Morgan fingerprint density at radius 1 is 1.38 bits per heavy atom. The number of nitrogens with one attached hydrogen (secondary N) is 1. The molecule has 0 aromatic carbocycles. The Morgan fingerprint density at radius 2 is 2.00 bits per heavy atom. The zero-order valence-electron chi connectivity index (χ0n) is 6.56. The van der Waals surface area contributed by atoms with E-state index in [1.807, 2.05) is 0 Å². The number of hydrogen-bond acceptors (Lipinski definition) is 5. The van der Waals surface area contributed by atoms with Gasteiger partial charge in [0.25, 0.3) is 0 Å². The SMILES string of the molecule is O=S(=O)([O-])Nc1cnc(Cl)cn1.[Na+]. The molecule has 0 amide bonds. The van der Waals surface area contributed by atoms with E-state index in [4.69, 9.17) is 11.6 Å². The standard InChI is InChI=1S/C4H4ClN3O3S.Na/c5-3-1-7-4(2-6-3)8-12(9,10)11;/h1-2H,(H,7,8)(H,9,10,11);/q;+1/p-1. The van der Waals surface area contributed by atoms with Crippen molar-refractivity contribution in [2.75, 3.05) is 4.72 Å². The summed E-state index contributed by atoms with van der Waals surface area (Å²) in [6, 6.07) is 0. The van der Waals surface area contributed by atoms with Crippen LogP contribution in [0.3, 0.4) is 0 Å². The molecule has 0 bridgehead atoms. The van der Waals surface area contributed by atoms with Gasteiger partial charge in [0.1, 0.15) is 5.15 Å². The van der Waals surface area contributed by atoms with E-state index >= 15 is 0 Å². The maximum absolute atomic E-state index is 10.1. The van der Waals surface area contributed by atoms with Crippen LogP contribution in [0.2, 0.25) is 5.15 Å². The predicted molar refractivity (Wildman–Crippen MR) is 40.4 cm³/mol. The summed E-state index contributed by atoms with van der Waals surface area (Å²) in [6.45, 7) is 0. The largest absolute Gasteiger partial charge is 1.00 e. The molecular weight excluding hydrogens is 229 g/mol. The molecule has 66 valence electrons. The van der Waals surface area contributed by atoms with Crippen LogP contribution in [-0.2, 0) is 10.3 Å². The van der Waals surface area contributed by atoms with Crippen molar-refractivity contribution in [3.8, 4) is 0 Å². The molecule has 0 saturated heterocycles. The summed E-state index contributed by atoms with van der Waals surface area (Å²) >= 11 is 5.35. The van der Waals surface area contributed by atoms with Crippen LogP contribution < -0.4 is 34.3 Å². The molecule has 1 rings (SSSR count). The Labute approximate surface area is 102 Å².